The molecule has 0 aromatic rings. The lowest BCUT2D eigenvalue weighted by molar-refractivity contribution is 0.146. The summed E-state index contributed by atoms with van der Waals surface area (Å²) in [4.78, 5) is 0. The summed E-state index contributed by atoms with van der Waals surface area (Å²) < 4.78 is 0. The average Bonchev–Trinajstić information content (AvgIpc) is 2.33. The fraction of sp³-hybridized carbons (Fsp3) is 1.00. The maximum Gasteiger partial charge on any atom is 0.0540 e. The minimum atomic E-state index is -0.0390. The SMILES string of the molecule is CC(C)CCCCCCCC(O)CCCCC(C)C. The van der Waals surface area contributed by atoms with E-state index in [4.69, 9.17) is 0 Å². The van der Waals surface area contributed by atoms with Crippen LogP contribution in [0.25, 0.3) is 0 Å². The number of aliphatic hydroxyl groups excluding tert-OH is 1. The van der Waals surface area contributed by atoms with Crippen molar-refractivity contribution >= 4 is 0 Å². The van der Waals surface area contributed by atoms with Crippen molar-refractivity contribution in [2.24, 2.45) is 11.8 Å². The van der Waals surface area contributed by atoms with E-state index in [-0.39, 0.29) is 6.10 Å². The summed E-state index contributed by atoms with van der Waals surface area (Å²) in [5.74, 6) is 1.66. The molecule has 0 heterocycles. The van der Waals surface area contributed by atoms with E-state index < -0.39 is 0 Å². The lowest BCUT2D eigenvalue weighted by Crippen LogP contribution is -2.06. The Hall–Kier alpha value is -0.0400. The van der Waals surface area contributed by atoms with Gasteiger partial charge in [0, 0.05) is 0 Å². The van der Waals surface area contributed by atoms with Crippen molar-refractivity contribution in [3.63, 3.8) is 0 Å². The lowest BCUT2D eigenvalue weighted by atomic mass is 10.00. The molecule has 0 aromatic carbocycles. The quantitative estimate of drug-likeness (QED) is 0.410. The van der Waals surface area contributed by atoms with Crippen LogP contribution in [0, 0.1) is 11.8 Å². The van der Waals surface area contributed by atoms with Crippen LogP contribution in [-0.2, 0) is 0 Å². The van der Waals surface area contributed by atoms with Gasteiger partial charge in [0.05, 0.1) is 6.10 Å². The standard InChI is InChI=1S/C18H38O/c1-16(2)12-8-6-5-7-9-14-18(19)15-11-10-13-17(3)4/h16-19H,5-15H2,1-4H3. The highest BCUT2D eigenvalue weighted by Crippen LogP contribution is 2.15. The normalized spacial score (nSPS) is 13.4. The Morgan fingerprint density at radius 3 is 1.32 bits per heavy atom. The van der Waals surface area contributed by atoms with Crippen molar-refractivity contribution in [3.05, 3.63) is 0 Å². The summed E-state index contributed by atoms with van der Waals surface area (Å²) in [6.07, 6.45) is 13.8. The molecule has 0 saturated carbocycles. The molecule has 0 aliphatic carbocycles. The number of unbranched alkanes of at least 4 members (excludes halogenated alkanes) is 5. The van der Waals surface area contributed by atoms with E-state index in [1.54, 1.807) is 0 Å². The summed E-state index contributed by atoms with van der Waals surface area (Å²) >= 11 is 0. The summed E-state index contributed by atoms with van der Waals surface area (Å²) in [6, 6.07) is 0. The van der Waals surface area contributed by atoms with Gasteiger partial charge in [-0.3, -0.25) is 0 Å². The maximum atomic E-state index is 9.89. The van der Waals surface area contributed by atoms with Gasteiger partial charge in [-0.1, -0.05) is 85.5 Å². The fourth-order valence-electron chi connectivity index (χ4n) is 2.54. The second kappa shape index (κ2) is 13.0. The first-order valence-electron chi connectivity index (χ1n) is 8.70. The van der Waals surface area contributed by atoms with Gasteiger partial charge in [0.1, 0.15) is 0 Å². The van der Waals surface area contributed by atoms with Crippen LogP contribution in [0.2, 0.25) is 0 Å². The highest BCUT2D eigenvalue weighted by molar-refractivity contribution is 4.58. The third kappa shape index (κ3) is 15.9. The lowest BCUT2D eigenvalue weighted by Gasteiger charge is -2.11. The number of hydrogen-bond donors (Lipinski definition) is 1. The van der Waals surface area contributed by atoms with E-state index in [1.807, 2.05) is 0 Å². The predicted octanol–water partition coefficient (Wildman–Crippen LogP) is 5.95. The Morgan fingerprint density at radius 2 is 0.842 bits per heavy atom. The van der Waals surface area contributed by atoms with Crippen LogP contribution in [0.15, 0.2) is 0 Å². The van der Waals surface area contributed by atoms with E-state index in [2.05, 4.69) is 27.7 Å². The summed E-state index contributed by atoms with van der Waals surface area (Å²) in [5.41, 5.74) is 0. The first kappa shape index (κ1) is 19.0. The topological polar surface area (TPSA) is 20.2 Å². The minimum Gasteiger partial charge on any atom is -0.393 e. The van der Waals surface area contributed by atoms with Crippen molar-refractivity contribution in [3.8, 4) is 0 Å². The molecule has 116 valence electrons. The third-order valence-electron chi connectivity index (χ3n) is 3.89. The number of rotatable bonds is 13. The molecule has 0 saturated heterocycles. The second-order valence-corrected chi connectivity index (χ2v) is 7.07. The Kier molecular flexibility index (Phi) is 12.9. The van der Waals surface area contributed by atoms with E-state index >= 15 is 0 Å². The van der Waals surface area contributed by atoms with Gasteiger partial charge in [0.25, 0.3) is 0 Å². The van der Waals surface area contributed by atoms with Crippen molar-refractivity contribution in [2.45, 2.75) is 104 Å². The van der Waals surface area contributed by atoms with Gasteiger partial charge in [0.2, 0.25) is 0 Å². The Labute approximate surface area is 122 Å². The number of hydrogen-bond acceptors (Lipinski definition) is 1. The van der Waals surface area contributed by atoms with Crippen LogP contribution in [-0.4, -0.2) is 11.2 Å². The highest BCUT2D eigenvalue weighted by atomic mass is 16.3. The Morgan fingerprint density at radius 1 is 0.526 bits per heavy atom. The van der Waals surface area contributed by atoms with Crippen molar-refractivity contribution in [1.82, 2.24) is 0 Å². The zero-order valence-electron chi connectivity index (χ0n) is 14.0. The Bertz CT molecular complexity index is 175. The molecule has 1 unspecified atom stereocenters. The molecular formula is C18H38O. The molecule has 0 bridgehead atoms. The van der Waals surface area contributed by atoms with E-state index in [1.165, 1.54) is 57.8 Å². The first-order chi connectivity index (χ1) is 9.02. The van der Waals surface area contributed by atoms with Gasteiger partial charge < -0.3 is 5.11 Å². The molecule has 1 heteroatoms. The van der Waals surface area contributed by atoms with E-state index in [0.29, 0.717) is 0 Å². The van der Waals surface area contributed by atoms with Gasteiger partial charge in [-0.2, -0.15) is 0 Å². The summed E-state index contributed by atoms with van der Waals surface area (Å²) in [5, 5.41) is 9.89. The monoisotopic (exact) mass is 270 g/mol. The molecule has 1 atom stereocenters. The van der Waals surface area contributed by atoms with Crippen LogP contribution in [0.1, 0.15) is 98.3 Å². The smallest absolute Gasteiger partial charge is 0.0540 e. The van der Waals surface area contributed by atoms with Gasteiger partial charge >= 0.3 is 0 Å². The zero-order valence-corrected chi connectivity index (χ0v) is 14.0. The van der Waals surface area contributed by atoms with E-state index in [0.717, 1.165) is 24.7 Å². The van der Waals surface area contributed by atoms with Crippen LogP contribution >= 0.6 is 0 Å². The Balaban J connectivity index is 3.18. The average molecular weight is 271 g/mol. The molecule has 0 aromatic heterocycles. The molecule has 0 rings (SSSR count). The molecule has 0 spiro atoms. The highest BCUT2D eigenvalue weighted by Gasteiger charge is 2.04. The van der Waals surface area contributed by atoms with Crippen LogP contribution in [0.3, 0.4) is 0 Å². The predicted molar refractivity (Wildman–Crippen MR) is 86.5 cm³/mol. The molecule has 0 aliphatic heterocycles. The first-order valence-corrected chi connectivity index (χ1v) is 8.70. The number of aliphatic hydroxyl groups is 1. The van der Waals surface area contributed by atoms with Gasteiger partial charge in [-0.05, 0) is 24.7 Å². The molecule has 19 heavy (non-hydrogen) atoms. The minimum absolute atomic E-state index is 0.0390. The van der Waals surface area contributed by atoms with Crippen molar-refractivity contribution < 1.29 is 5.11 Å². The third-order valence-corrected chi connectivity index (χ3v) is 3.89. The van der Waals surface area contributed by atoms with Crippen LogP contribution in [0.4, 0.5) is 0 Å². The zero-order chi connectivity index (χ0) is 14.5. The second-order valence-electron chi connectivity index (χ2n) is 7.07. The van der Waals surface area contributed by atoms with Crippen LogP contribution in [0.5, 0.6) is 0 Å². The molecule has 0 aliphatic rings. The van der Waals surface area contributed by atoms with Gasteiger partial charge in [-0.15, -0.1) is 0 Å². The molecule has 0 amide bonds. The molecule has 1 N–H and O–H groups in total. The van der Waals surface area contributed by atoms with E-state index in [9.17, 15) is 5.11 Å². The maximum absolute atomic E-state index is 9.89. The molecule has 1 nitrogen and oxygen atoms in total. The molecule has 0 fully saturated rings. The largest absolute Gasteiger partial charge is 0.393 e. The van der Waals surface area contributed by atoms with Gasteiger partial charge in [0.15, 0.2) is 0 Å². The molecule has 0 radical (unpaired) electrons. The molecular weight excluding hydrogens is 232 g/mol. The summed E-state index contributed by atoms with van der Waals surface area (Å²) in [7, 11) is 0. The van der Waals surface area contributed by atoms with Crippen molar-refractivity contribution in [1.29, 1.82) is 0 Å². The van der Waals surface area contributed by atoms with Crippen molar-refractivity contribution in [2.75, 3.05) is 0 Å². The fourth-order valence-corrected chi connectivity index (χ4v) is 2.54. The summed E-state index contributed by atoms with van der Waals surface area (Å²) in [6.45, 7) is 9.15. The van der Waals surface area contributed by atoms with Crippen LogP contribution < -0.4 is 0 Å². The van der Waals surface area contributed by atoms with Gasteiger partial charge in [-0.25, -0.2) is 0 Å².